The van der Waals surface area contributed by atoms with E-state index in [0.717, 1.165) is 0 Å². The topological polar surface area (TPSA) is 9.23 Å². The Labute approximate surface area is 65.3 Å². The van der Waals surface area contributed by atoms with E-state index >= 15 is 0 Å². The van der Waals surface area contributed by atoms with E-state index in [1.54, 1.807) is 0 Å². The number of hydrogen-bond acceptors (Lipinski definition) is 1. The van der Waals surface area contributed by atoms with E-state index in [4.69, 9.17) is 4.65 Å². The highest BCUT2D eigenvalue weighted by Crippen LogP contribution is 2.27. The van der Waals surface area contributed by atoms with Gasteiger partial charge in [-0.1, -0.05) is 27.6 Å². The van der Waals surface area contributed by atoms with E-state index in [-0.39, 0.29) is 5.31 Å². The van der Waals surface area contributed by atoms with Crippen molar-refractivity contribution >= 4 is 6.92 Å². The molecule has 1 nitrogen and oxygen atoms in total. The molecule has 0 heterocycles. The Balaban J connectivity index is 3.73. The molecule has 60 valence electrons. The van der Waals surface area contributed by atoms with Gasteiger partial charge in [0.25, 0.3) is 6.92 Å². The summed E-state index contributed by atoms with van der Waals surface area (Å²) in [6.07, 6.45) is 0.342. The molecule has 0 aliphatic carbocycles. The number of rotatable bonds is 2. The van der Waals surface area contributed by atoms with E-state index < -0.39 is 0 Å². The third kappa shape index (κ3) is 3.94. The lowest BCUT2D eigenvalue weighted by molar-refractivity contribution is 0.232. The third-order valence-corrected chi connectivity index (χ3v) is 1.70. The molecule has 0 unspecified atom stereocenters. The van der Waals surface area contributed by atoms with Crippen LogP contribution in [0.15, 0.2) is 0 Å². The van der Waals surface area contributed by atoms with Crippen LogP contribution in [0.1, 0.15) is 34.6 Å². The zero-order chi connectivity index (χ0) is 8.36. The highest BCUT2D eigenvalue weighted by atomic mass is 16.4. The van der Waals surface area contributed by atoms with Crippen LogP contribution < -0.4 is 0 Å². The maximum Gasteiger partial charge on any atom is 0.295 e. The van der Waals surface area contributed by atoms with Gasteiger partial charge in [-0.15, -0.1) is 0 Å². The molecule has 0 bridgehead atoms. The second-order valence-electron chi connectivity index (χ2n) is 4.19. The molecule has 0 N–H and O–H groups in total. The Bertz CT molecular complexity index is 93.9. The molecule has 0 fully saturated rings. The summed E-state index contributed by atoms with van der Waals surface area (Å²) in [4.78, 5) is 0. The van der Waals surface area contributed by atoms with Gasteiger partial charge in [0.2, 0.25) is 0 Å². The Morgan fingerprint density at radius 2 is 1.60 bits per heavy atom. The summed E-state index contributed by atoms with van der Waals surface area (Å²) in [6.45, 7) is 13.2. The standard InChI is InChI=1S/C8H19BO/c1-7(2)10-9(6)8(3,4)5/h7H,1-6H3. The van der Waals surface area contributed by atoms with E-state index in [1.807, 2.05) is 0 Å². The summed E-state index contributed by atoms with van der Waals surface area (Å²) in [6, 6.07) is 0. The van der Waals surface area contributed by atoms with E-state index in [1.165, 1.54) is 0 Å². The van der Waals surface area contributed by atoms with Crippen molar-refractivity contribution in [2.45, 2.75) is 52.9 Å². The first-order chi connectivity index (χ1) is 4.34. The SMILES string of the molecule is CB(OC(C)C)C(C)(C)C. The Morgan fingerprint density at radius 3 is 1.70 bits per heavy atom. The van der Waals surface area contributed by atoms with Crippen molar-refractivity contribution in [3.8, 4) is 0 Å². The molecule has 0 aromatic carbocycles. The monoisotopic (exact) mass is 142 g/mol. The first-order valence-electron chi connectivity index (χ1n) is 3.99. The second kappa shape index (κ2) is 3.43. The van der Waals surface area contributed by atoms with Crippen molar-refractivity contribution in [2.24, 2.45) is 0 Å². The molecule has 0 aromatic rings. The zero-order valence-electron chi connectivity index (χ0n) is 8.06. The van der Waals surface area contributed by atoms with Gasteiger partial charge in [-0.25, -0.2) is 0 Å². The van der Waals surface area contributed by atoms with Crippen LogP contribution in [0, 0.1) is 0 Å². The van der Waals surface area contributed by atoms with Gasteiger partial charge in [-0.2, -0.15) is 0 Å². The molecule has 2 heteroatoms. The van der Waals surface area contributed by atoms with Gasteiger partial charge in [0.1, 0.15) is 0 Å². The van der Waals surface area contributed by atoms with Crippen LogP contribution in [0.4, 0.5) is 0 Å². The molecule has 0 rings (SSSR count). The van der Waals surface area contributed by atoms with Gasteiger partial charge in [0.15, 0.2) is 0 Å². The molecule has 0 amide bonds. The number of hydrogen-bond donors (Lipinski definition) is 0. The van der Waals surface area contributed by atoms with Crippen LogP contribution in [-0.2, 0) is 4.65 Å². The molecule has 0 radical (unpaired) electrons. The molecule has 0 atom stereocenters. The predicted octanol–water partition coefficient (Wildman–Crippen LogP) is 2.83. The lowest BCUT2D eigenvalue weighted by Gasteiger charge is -2.25. The predicted molar refractivity (Wildman–Crippen MR) is 47.6 cm³/mol. The van der Waals surface area contributed by atoms with Crippen LogP contribution in [0.3, 0.4) is 0 Å². The van der Waals surface area contributed by atoms with Gasteiger partial charge in [-0.05, 0) is 19.2 Å². The normalized spacial score (nSPS) is 12.3. The van der Waals surface area contributed by atoms with Crippen LogP contribution in [0.5, 0.6) is 0 Å². The van der Waals surface area contributed by atoms with Crippen LogP contribution in [0.2, 0.25) is 12.1 Å². The molecule has 10 heavy (non-hydrogen) atoms. The summed E-state index contributed by atoms with van der Waals surface area (Å²) in [5.41, 5.74) is 0. The average molecular weight is 142 g/mol. The van der Waals surface area contributed by atoms with Crippen molar-refractivity contribution in [2.75, 3.05) is 0 Å². The quantitative estimate of drug-likeness (QED) is 0.538. The maximum absolute atomic E-state index is 5.61. The zero-order valence-corrected chi connectivity index (χ0v) is 8.06. The van der Waals surface area contributed by atoms with Gasteiger partial charge in [-0.3, -0.25) is 0 Å². The van der Waals surface area contributed by atoms with Crippen LogP contribution in [0.25, 0.3) is 0 Å². The summed E-state index contributed by atoms with van der Waals surface area (Å²) in [7, 11) is 0. The van der Waals surface area contributed by atoms with Crippen molar-refractivity contribution in [3.63, 3.8) is 0 Å². The van der Waals surface area contributed by atoms with Gasteiger partial charge in [0.05, 0.1) is 0 Å². The minimum absolute atomic E-state index is 0.268. The lowest BCUT2D eigenvalue weighted by Crippen LogP contribution is -2.28. The molecular formula is C8H19BO. The fraction of sp³-hybridized carbons (Fsp3) is 1.00. The highest BCUT2D eigenvalue weighted by molar-refractivity contribution is 6.53. The van der Waals surface area contributed by atoms with Crippen LogP contribution >= 0.6 is 0 Å². The second-order valence-corrected chi connectivity index (χ2v) is 4.19. The van der Waals surface area contributed by atoms with E-state index in [2.05, 4.69) is 41.4 Å². The molecule has 0 aliphatic rings. The lowest BCUT2D eigenvalue weighted by atomic mass is 9.49. The minimum atomic E-state index is 0.268. The van der Waals surface area contributed by atoms with Gasteiger partial charge in [0, 0.05) is 6.10 Å². The molecule has 0 aliphatic heterocycles. The highest BCUT2D eigenvalue weighted by Gasteiger charge is 2.26. The Kier molecular flexibility index (Phi) is 3.43. The maximum atomic E-state index is 5.61. The largest absolute Gasteiger partial charge is 0.434 e. The summed E-state index contributed by atoms with van der Waals surface area (Å²) < 4.78 is 5.61. The van der Waals surface area contributed by atoms with E-state index in [9.17, 15) is 0 Å². The van der Waals surface area contributed by atoms with E-state index in [0.29, 0.717) is 13.0 Å². The fourth-order valence-corrected chi connectivity index (χ4v) is 0.612. The van der Waals surface area contributed by atoms with Crippen LogP contribution in [-0.4, -0.2) is 13.0 Å². The molecule has 0 aromatic heterocycles. The summed E-state index contributed by atoms with van der Waals surface area (Å²) in [5.74, 6) is 0. The van der Waals surface area contributed by atoms with Crippen molar-refractivity contribution in [1.29, 1.82) is 0 Å². The van der Waals surface area contributed by atoms with Crippen molar-refractivity contribution < 1.29 is 4.65 Å². The van der Waals surface area contributed by atoms with Crippen molar-refractivity contribution in [3.05, 3.63) is 0 Å². The Morgan fingerprint density at radius 1 is 1.20 bits per heavy atom. The first kappa shape index (κ1) is 10.0. The van der Waals surface area contributed by atoms with Gasteiger partial charge >= 0.3 is 0 Å². The first-order valence-corrected chi connectivity index (χ1v) is 3.99. The fourth-order valence-electron chi connectivity index (χ4n) is 0.612. The molecule has 0 spiro atoms. The summed E-state index contributed by atoms with van der Waals surface area (Å²) >= 11 is 0. The molecular weight excluding hydrogens is 123 g/mol. The Hall–Kier alpha value is 0.0249. The molecule has 0 saturated carbocycles. The third-order valence-electron chi connectivity index (χ3n) is 1.70. The summed E-state index contributed by atoms with van der Waals surface area (Å²) in [5, 5.41) is 0.268. The van der Waals surface area contributed by atoms with Gasteiger partial charge < -0.3 is 4.65 Å². The molecule has 0 saturated heterocycles. The van der Waals surface area contributed by atoms with Crippen molar-refractivity contribution in [1.82, 2.24) is 0 Å². The average Bonchev–Trinajstić information content (AvgIpc) is 1.60. The smallest absolute Gasteiger partial charge is 0.295 e. The minimum Gasteiger partial charge on any atom is -0.434 e.